The largest absolute Gasteiger partial charge is 0.486 e. The molecule has 0 amide bonds. The Morgan fingerprint density at radius 1 is 1.06 bits per heavy atom. The minimum atomic E-state index is -0.742. The van der Waals surface area contributed by atoms with Gasteiger partial charge >= 0.3 is 5.97 Å². The van der Waals surface area contributed by atoms with Gasteiger partial charge in [0.15, 0.2) is 24.2 Å². The van der Waals surface area contributed by atoms with E-state index in [9.17, 15) is 9.59 Å². The molecule has 4 rings (SSSR count). The summed E-state index contributed by atoms with van der Waals surface area (Å²) in [5.74, 6) is 0.370. The van der Waals surface area contributed by atoms with Crippen LogP contribution in [0.4, 0.5) is 0 Å². The number of ketones is 1. The van der Waals surface area contributed by atoms with Gasteiger partial charge in [-0.2, -0.15) is 0 Å². The van der Waals surface area contributed by atoms with E-state index in [1.54, 1.807) is 12.1 Å². The van der Waals surface area contributed by atoms with Crippen molar-refractivity contribution in [2.45, 2.75) is 26.5 Å². The zero-order valence-electron chi connectivity index (χ0n) is 17.6. The lowest BCUT2D eigenvalue weighted by Crippen LogP contribution is -2.33. The van der Waals surface area contributed by atoms with Gasteiger partial charge in [-0.3, -0.25) is 4.79 Å². The zero-order valence-corrected chi connectivity index (χ0v) is 19.1. The van der Waals surface area contributed by atoms with Crippen LogP contribution in [0.15, 0.2) is 48.5 Å². The van der Waals surface area contributed by atoms with Gasteiger partial charge in [0.2, 0.25) is 5.78 Å². The second kappa shape index (κ2) is 9.27. The van der Waals surface area contributed by atoms with Crippen molar-refractivity contribution in [3.8, 4) is 11.5 Å². The summed E-state index contributed by atoms with van der Waals surface area (Å²) in [5, 5.41) is 0.341. The van der Waals surface area contributed by atoms with Crippen LogP contribution in [-0.4, -0.2) is 35.6 Å². The Bertz CT molecular complexity index is 1170. The van der Waals surface area contributed by atoms with Crippen LogP contribution in [0.5, 0.6) is 11.5 Å². The molecule has 2 heterocycles. The molecule has 0 bridgehead atoms. The lowest BCUT2D eigenvalue weighted by Gasteiger charge is -2.27. The van der Waals surface area contributed by atoms with E-state index in [-0.39, 0.29) is 27.5 Å². The number of hydrogen-bond donors (Lipinski definition) is 0. The molecule has 1 aliphatic heterocycles. The number of Topliss-reactive ketones (excluding diaryl/α,β-unsaturated/α-hetero) is 1. The molecule has 0 radical (unpaired) electrons. The van der Waals surface area contributed by atoms with Crippen LogP contribution in [0.3, 0.4) is 0 Å². The third-order valence-corrected chi connectivity index (χ3v) is 5.96. The fraction of sp³-hybridized carbons (Fsp3) is 0.250. The van der Waals surface area contributed by atoms with Gasteiger partial charge in [0, 0.05) is 17.0 Å². The number of fused-ring (bicyclic) bond motifs is 1. The number of carbonyl (C=O) groups excluding carboxylic acids is 2. The van der Waals surface area contributed by atoms with Gasteiger partial charge in [0.05, 0.1) is 22.2 Å². The highest BCUT2D eigenvalue weighted by Gasteiger charge is 2.25. The number of ether oxygens (including phenoxy) is 3. The molecular formula is C24H21Cl2NO5. The van der Waals surface area contributed by atoms with Crippen molar-refractivity contribution in [2.24, 2.45) is 0 Å². The lowest BCUT2D eigenvalue weighted by molar-refractivity contribution is 0.0474. The van der Waals surface area contributed by atoms with Crippen molar-refractivity contribution in [3.05, 3.63) is 81.1 Å². The molecule has 1 aliphatic rings. The zero-order chi connectivity index (χ0) is 22.8. The molecule has 1 unspecified atom stereocenters. The van der Waals surface area contributed by atoms with Gasteiger partial charge in [0.1, 0.15) is 6.61 Å². The Morgan fingerprint density at radius 2 is 1.75 bits per heavy atom. The number of carbonyl (C=O) groups is 2. The van der Waals surface area contributed by atoms with Crippen LogP contribution in [-0.2, 0) is 11.3 Å². The van der Waals surface area contributed by atoms with E-state index in [1.807, 2.05) is 42.7 Å². The number of benzene rings is 2. The molecule has 32 heavy (non-hydrogen) atoms. The predicted molar refractivity (Wildman–Crippen MR) is 121 cm³/mol. The van der Waals surface area contributed by atoms with Crippen LogP contribution < -0.4 is 9.47 Å². The number of hydrogen-bond acceptors (Lipinski definition) is 5. The fourth-order valence-corrected chi connectivity index (χ4v) is 4.25. The summed E-state index contributed by atoms with van der Waals surface area (Å²) in [6.45, 7) is 4.28. The first-order valence-electron chi connectivity index (χ1n) is 10.0. The minimum Gasteiger partial charge on any atom is -0.486 e. The molecular weight excluding hydrogens is 453 g/mol. The van der Waals surface area contributed by atoms with E-state index in [1.165, 1.54) is 12.1 Å². The lowest BCUT2D eigenvalue weighted by atomic mass is 10.1. The predicted octanol–water partition coefficient (Wildman–Crippen LogP) is 5.29. The van der Waals surface area contributed by atoms with E-state index in [0.717, 1.165) is 17.1 Å². The summed E-state index contributed by atoms with van der Waals surface area (Å²) < 4.78 is 19.0. The quantitative estimate of drug-likeness (QED) is 0.359. The fourth-order valence-electron chi connectivity index (χ4n) is 3.69. The van der Waals surface area contributed by atoms with Crippen LogP contribution >= 0.6 is 23.2 Å². The van der Waals surface area contributed by atoms with Gasteiger partial charge in [-0.15, -0.1) is 0 Å². The molecule has 0 saturated carbocycles. The van der Waals surface area contributed by atoms with Crippen molar-refractivity contribution in [2.75, 3.05) is 13.2 Å². The Hall–Kier alpha value is -2.96. The smallest absolute Gasteiger partial charge is 0.341 e. The number of para-hydroxylation sites is 2. The second-order valence-corrected chi connectivity index (χ2v) is 8.30. The molecule has 0 fully saturated rings. The van der Waals surface area contributed by atoms with Crippen LogP contribution in [0, 0.1) is 13.8 Å². The van der Waals surface area contributed by atoms with E-state index < -0.39 is 12.6 Å². The van der Waals surface area contributed by atoms with Crippen molar-refractivity contribution in [1.29, 1.82) is 0 Å². The molecule has 0 aliphatic carbocycles. The van der Waals surface area contributed by atoms with E-state index >= 15 is 0 Å². The van der Waals surface area contributed by atoms with Crippen LogP contribution in [0.25, 0.3) is 0 Å². The Labute approximate surface area is 195 Å². The summed E-state index contributed by atoms with van der Waals surface area (Å²) in [7, 11) is 0. The summed E-state index contributed by atoms with van der Waals surface area (Å²) in [5.41, 5.74) is 2.19. The first kappa shape index (κ1) is 22.2. The van der Waals surface area contributed by atoms with Gasteiger partial charge in [-0.1, -0.05) is 41.4 Å². The molecule has 0 saturated heterocycles. The van der Waals surface area contributed by atoms with Gasteiger partial charge in [-0.05, 0) is 44.2 Å². The Kier molecular flexibility index (Phi) is 6.44. The molecule has 0 spiro atoms. The molecule has 8 heteroatoms. The number of nitrogens with zero attached hydrogens (tertiary/aromatic N) is 1. The Morgan fingerprint density at radius 3 is 2.47 bits per heavy atom. The van der Waals surface area contributed by atoms with Crippen molar-refractivity contribution < 1.29 is 23.8 Å². The first-order valence-corrected chi connectivity index (χ1v) is 10.8. The molecule has 1 aromatic heterocycles. The van der Waals surface area contributed by atoms with Gasteiger partial charge < -0.3 is 18.8 Å². The van der Waals surface area contributed by atoms with E-state index in [4.69, 9.17) is 37.4 Å². The molecule has 2 aromatic carbocycles. The highest BCUT2D eigenvalue weighted by atomic mass is 35.5. The Balaban J connectivity index is 1.43. The minimum absolute atomic E-state index is 0.0452. The molecule has 0 N–H and O–H groups in total. The number of halogens is 2. The standard InChI is InChI=1S/C24H21Cl2NO5/c1-14-10-17(20(28)13-31-24(29)23-18(25)6-5-7-19(23)26)15(2)27(14)11-16-12-30-21-8-3-4-9-22(21)32-16/h3-10,16H,11-13H2,1-2H3. The third-order valence-electron chi connectivity index (χ3n) is 5.33. The van der Waals surface area contributed by atoms with Gasteiger partial charge in [-0.25, -0.2) is 4.79 Å². The van der Waals surface area contributed by atoms with E-state index in [0.29, 0.717) is 24.5 Å². The third kappa shape index (κ3) is 4.47. The highest BCUT2D eigenvalue weighted by molar-refractivity contribution is 6.39. The molecule has 1 atom stereocenters. The SMILES string of the molecule is Cc1cc(C(=O)COC(=O)c2c(Cl)cccc2Cl)c(C)n1CC1COc2ccccc2O1. The topological polar surface area (TPSA) is 66.8 Å². The maximum atomic E-state index is 12.8. The maximum Gasteiger partial charge on any atom is 0.341 e. The van der Waals surface area contributed by atoms with Crippen molar-refractivity contribution >= 4 is 35.0 Å². The summed E-state index contributed by atoms with van der Waals surface area (Å²) in [6.07, 6.45) is -0.196. The molecule has 6 nitrogen and oxygen atoms in total. The average Bonchev–Trinajstić information content (AvgIpc) is 3.05. The van der Waals surface area contributed by atoms with Crippen LogP contribution in [0.1, 0.15) is 32.1 Å². The second-order valence-electron chi connectivity index (χ2n) is 7.49. The number of esters is 1. The summed E-state index contributed by atoms with van der Waals surface area (Å²) >= 11 is 12.1. The van der Waals surface area contributed by atoms with Crippen molar-refractivity contribution in [3.63, 3.8) is 0 Å². The number of aromatic nitrogens is 1. The number of aryl methyl sites for hydroxylation is 1. The van der Waals surface area contributed by atoms with E-state index in [2.05, 4.69) is 0 Å². The summed E-state index contributed by atoms with van der Waals surface area (Å²) in [6, 6.07) is 14.0. The first-order chi connectivity index (χ1) is 15.3. The van der Waals surface area contributed by atoms with Crippen molar-refractivity contribution in [1.82, 2.24) is 4.57 Å². The monoisotopic (exact) mass is 473 g/mol. The maximum absolute atomic E-state index is 12.8. The summed E-state index contributed by atoms with van der Waals surface area (Å²) in [4.78, 5) is 25.1. The number of rotatable bonds is 6. The normalized spacial score (nSPS) is 14.8. The van der Waals surface area contributed by atoms with Gasteiger partial charge in [0.25, 0.3) is 0 Å². The average molecular weight is 474 g/mol. The highest BCUT2D eigenvalue weighted by Crippen LogP contribution is 2.32. The molecule has 166 valence electrons. The van der Waals surface area contributed by atoms with Crippen LogP contribution in [0.2, 0.25) is 10.0 Å². The molecule has 3 aromatic rings.